The predicted octanol–water partition coefficient (Wildman–Crippen LogP) is 2.98. The van der Waals surface area contributed by atoms with Gasteiger partial charge >= 0.3 is 12.1 Å². The van der Waals surface area contributed by atoms with E-state index in [0.29, 0.717) is 30.8 Å². The normalized spacial score (nSPS) is 15.3. The molecule has 0 saturated heterocycles. The molecule has 2 aliphatic rings. The SMILES string of the molecule is O=C([O-])C(F)(F)F.[NH3+]Cc1ccc2c(c1)CCN([C@@H](Cc1ccccc1)C1=NC=C(c3ccc(C(=O)O)s3)C1)C2=O. The Bertz CT molecular complexity index is 1520. The summed E-state index contributed by atoms with van der Waals surface area (Å²) >= 11 is 1.26. The lowest BCUT2D eigenvalue weighted by Crippen LogP contribution is -2.50. The molecular weight excluding hydrogens is 559 g/mol. The highest BCUT2D eigenvalue weighted by atomic mass is 32.1. The maximum absolute atomic E-state index is 13.6. The van der Waals surface area contributed by atoms with E-state index in [1.807, 2.05) is 47.5 Å². The zero-order valence-electron chi connectivity index (χ0n) is 21.7. The number of carboxylic acids is 2. The number of aromatic carboxylic acids is 1. The maximum atomic E-state index is 13.6. The zero-order chi connectivity index (χ0) is 29.7. The van der Waals surface area contributed by atoms with Gasteiger partial charge in [-0.2, -0.15) is 13.2 Å². The number of carbonyl (C=O) groups excluding carboxylic acids is 2. The molecule has 0 bridgehead atoms. The maximum Gasteiger partial charge on any atom is 0.430 e. The van der Waals surface area contributed by atoms with E-state index in [0.717, 1.165) is 44.8 Å². The first-order chi connectivity index (χ1) is 19.5. The molecule has 1 atom stereocenters. The van der Waals surface area contributed by atoms with Crippen LogP contribution in [0.5, 0.6) is 0 Å². The van der Waals surface area contributed by atoms with Crippen LogP contribution >= 0.6 is 11.3 Å². The number of carbonyl (C=O) groups is 3. The Kier molecular flexibility index (Phi) is 9.04. The van der Waals surface area contributed by atoms with E-state index in [2.05, 4.69) is 23.9 Å². The molecule has 1 amide bonds. The van der Waals surface area contributed by atoms with Gasteiger partial charge in [0, 0.05) is 40.9 Å². The first-order valence-corrected chi connectivity index (χ1v) is 13.4. The van der Waals surface area contributed by atoms with E-state index in [4.69, 9.17) is 14.9 Å². The van der Waals surface area contributed by atoms with Crippen LogP contribution in [0.3, 0.4) is 0 Å². The fourth-order valence-corrected chi connectivity index (χ4v) is 5.54. The molecule has 0 aliphatic carbocycles. The van der Waals surface area contributed by atoms with Gasteiger partial charge in [-0.25, -0.2) is 4.79 Å². The van der Waals surface area contributed by atoms with Crippen LogP contribution in [0.15, 0.2) is 71.9 Å². The second-order valence-corrected chi connectivity index (χ2v) is 10.5. The summed E-state index contributed by atoms with van der Waals surface area (Å²) in [5, 5.41) is 18.1. The number of benzene rings is 2. The first-order valence-electron chi connectivity index (χ1n) is 12.6. The molecule has 8 nitrogen and oxygen atoms in total. The summed E-state index contributed by atoms with van der Waals surface area (Å²) < 4.78 is 31.5. The number of hydrogen-bond acceptors (Lipinski definition) is 6. The summed E-state index contributed by atoms with van der Waals surface area (Å²) in [7, 11) is 0. The number of fused-ring (bicyclic) bond motifs is 1. The summed E-state index contributed by atoms with van der Waals surface area (Å²) in [6.45, 7) is 1.35. The van der Waals surface area contributed by atoms with Crippen molar-refractivity contribution in [1.29, 1.82) is 0 Å². The fraction of sp³-hybridized carbons (Fsp3) is 0.241. The molecule has 12 heteroatoms. The molecule has 1 aromatic heterocycles. The van der Waals surface area contributed by atoms with E-state index in [9.17, 15) is 27.9 Å². The summed E-state index contributed by atoms with van der Waals surface area (Å²) in [6, 6.07) is 19.5. The largest absolute Gasteiger partial charge is 0.542 e. The number of amides is 1. The van der Waals surface area contributed by atoms with Crippen molar-refractivity contribution in [1.82, 2.24) is 4.90 Å². The van der Waals surface area contributed by atoms with Crippen LogP contribution in [0.4, 0.5) is 13.2 Å². The van der Waals surface area contributed by atoms with Gasteiger partial charge in [0.15, 0.2) is 0 Å². The van der Waals surface area contributed by atoms with Gasteiger partial charge in [-0.3, -0.25) is 9.79 Å². The highest BCUT2D eigenvalue weighted by molar-refractivity contribution is 7.15. The van der Waals surface area contributed by atoms with Gasteiger partial charge in [0.05, 0.1) is 12.6 Å². The van der Waals surface area contributed by atoms with Gasteiger partial charge in [-0.15, -0.1) is 11.3 Å². The monoisotopic (exact) mass is 585 g/mol. The molecule has 0 saturated carbocycles. The summed E-state index contributed by atoms with van der Waals surface area (Å²) in [5.74, 6) is -3.89. The number of quaternary nitrogens is 1. The first kappa shape index (κ1) is 29.7. The van der Waals surface area contributed by atoms with Gasteiger partial charge in [0.1, 0.15) is 10.8 Å². The predicted molar refractivity (Wildman–Crippen MR) is 144 cm³/mol. The van der Waals surface area contributed by atoms with Crippen molar-refractivity contribution >= 4 is 40.5 Å². The lowest BCUT2D eigenvalue weighted by molar-refractivity contribution is -0.386. The van der Waals surface area contributed by atoms with Crippen LogP contribution in [0.25, 0.3) is 5.57 Å². The van der Waals surface area contributed by atoms with Crippen molar-refractivity contribution in [3.05, 3.63) is 98.9 Å². The minimum Gasteiger partial charge on any atom is -0.542 e. The number of allylic oxidation sites excluding steroid dienone is 1. The second-order valence-electron chi connectivity index (χ2n) is 9.40. The molecule has 0 radical (unpaired) electrons. The van der Waals surface area contributed by atoms with Crippen molar-refractivity contribution in [3.8, 4) is 0 Å². The Morgan fingerprint density at radius 2 is 1.80 bits per heavy atom. The van der Waals surface area contributed by atoms with Gasteiger partial charge in [-0.05, 0) is 53.8 Å². The highest BCUT2D eigenvalue weighted by Gasteiger charge is 2.34. The van der Waals surface area contributed by atoms with Crippen molar-refractivity contribution < 1.29 is 43.5 Å². The van der Waals surface area contributed by atoms with E-state index < -0.39 is 18.1 Å². The third kappa shape index (κ3) is 7.08. The van der Waals surface area contributed by atoms with E-state index in [1.165, 1.54) is 11.3 Å². The van der Waals surface area contributed by atoms with Crippen LogP contribution in [-0.4, -0.2) is 52.3 Å². The number of alkyl halides is 3. The van der Waals surface area contributed by atoms with Crippen molar-refractivity contribution in [2.75, 3.05) is 6.54 Å². The number of halogens is 3. The van der Waals surface area contributed by atoms with Crippen molar-refractivity contribution in [2.24, 2.45) is 4.99 Å². The lowest BCUT2D eigenvalue weighted by Gasteiger charge is -2.36. The molecule has 2 aliphatic heterocycles. The second kappa shape index (κ2) is 12.5. The number of aliphatic imine (C=N–C) groups is 1. The number of rotatable bonds is 7. The summed E-state index contributed by atoms with van der Waals surface area (Å²) in [5.41, 5.74) is 10.0. The molecule has 0 unspecified atom stereocenters. The minimum atomic E-state index is -5.19. The summed E-state index contributed by atoms with van der Waals surface area (Å²) in [6.07, 6.45) is -1.27. The summed E-state index contributed by atoms with van der Waals surface area (Å²) in [4.78, 5) is 41.6. The third-order valence-corrected chi connectivity index (χ3v) is 7.88. The highest BCUT2D eigenvalue weighted by Crippen LogP contribution is 2.33. The zero-order valence-corrected chi connectivity index (χ0v) is 22.5. The van der Waals surface area contributed by atoms with Crippen molar-refractivity contribution in [3.63, 3.8) is 0 Å². The molecule has 0 fully saturated rings. The molecule has 41 heavy (non-hydrogen) atoms. The van der Waals surface area contributed by atoms with Gasteiger partial charge < -0.3 is 25.6 Å². The van der Waals surface area contributed by atoms with E-state index in [-0.39, 0.29) is 11.9 Å². The number of hydrogen-bond donors (Lipinski definition) is 2. The molecule has 2 aromatic carbocycles. The fourth-order valence-electron chi connectivity index (χ4n) is 4.69. The lowest BCUT2D eigenvalue weighted by atomic mass is 9.91. The minimum absolute atomic E-state index is 0.0400. The van der Waals surface area contributed by atoms with Crippen LogP contribution in [0.1, 0.15) is 48.0 Å². The molecule has 3 aromatic rings. The third-order valence-electron chi connectivity index (χ3n) is 6.73. The quantitative estimate of drug-likeness (QED) is 0.439. The number of carboxylic acid groups (broad SMARTS) is 2. The van der Waals surface area contributed by atoms with Gasteiger partial charge in [0.25, 0.3) is 5.91 Å². The van der Waals surface area contributed by atoms with Gasteiger partial charge in [0.2, 0.25) is 0 Å². The smallest absolute Gasteiger partial charge is 0.430 e. The average molecular weight is 586 g/mol. The molecule has 214 valence electrons. The van der Waals surface area contributed by atoms with Gasteiger partial charge in [-0.1, -0.05) is 36.4 Å². The number of thiophene rings is 1. The molecular formula is C29H26F3N3O5S. The van der Waals surface area contributed by atoms with Crippen LogP contribution in [0.2, 0.25) is 0 Å². The Morgan fingerprint density at radius 1 is 1.10 bits per heavy atom. The topological polar surface area (TPSA) is 138 Å². The number of aliphatic carboxylic acids is 1. The molecule has 0 spiro atoms. The molecule has 5 rings (SSSR count). The van der Waals surface area contributed by atoms with Crippen LogP contribution in [0, 0.1) is 0 Å². The van der Waals surface area contributed by atoms with Crippen molar-refractivity contribution in [2.45, 2.75) is 38.0 Å². The van der Waals surface area contributed by atoms with E-state index in [1.54, 1.807) is 6.07 Å². The number of nitrogens with zero attached hydrogens (tertiary/aromatic N) is 2. The Morgan fingerprint density at radius 3 is 2.41 bits per heavy atom. The Labute approximate surface area is 237 Å². The molecule has 4 N–H and O–H groups in total. The molecule has 3 heterocycles. The Balaban J connectivity index is 0.000000493. The van der Waals surface area contributed by atoms with Crippen LogP contribution < -0.4 is 10.8 Å². The average Bonchev–Trinajstić information content (AvgIpc) is 3.63. The van der Waals surface area contributed by atoms with E-state index >= 15 is 0 Å². The van der Waals surface area contributed by atoms with Crippen LogP contribution in [-0.2, 0) is 24.2 Å². The standard InChI is InChI=1S/C27H25N3O3S.C2HF3O2/c28-15-18-6-7-21-19(12-18)10-11-30(26(21)31)23(13-17-4-2-1-3-5-17)22-14-20(16-29-22)24-8-9-25(34-24)27(32)33;3-2(4,5)1(6)7/h1-9,12,16,23H,10-11,13-15,28H2,(H,32,33);(H,6,7)/t23-;/m0./s1. The Hall–Kier alpha value is -4.29.